The zero-order valence-electron chi connectivity index (χ0n) is 14.9. The van der Waals surface area contributed by atoms with Crippen molar-refractivity contribution in [3.05, 3.63) is 59.9 Å². The monoisotopic (exact) mass is 352 g/mol. The lowest BCUT2D eigenvalue weighted by Crippen LogP contribution is -2.15. The van der Waals surface area contributed by atoms with Crippen molar-refractivity contribution >= 4 is 11.6 Å². The van der Waals surface area contributed by atoms with E-state index in [4.69, 9.17) is 9.47 Å². The third-order valence-corrected chi connectivity index (χ3v) is 3.86. The Morgan fingerprint density at radius 3 is 2.54 bits per heavy atom. The van der Waals surface area contributed by atoms with Gasteiger partial charge in [-0.2, -0.15) is 0 Å². The zero-order valence-corrected chi connectivity index (χ0v) is 14.9. The van der Waals surface area contributed by atoms with Crippen LogP contribution in [0.5, 0.6) is 11.5 Å². The molecule has 0 radical (unpaired) electrons. The molecule has 3 aromatic rings. The average molecular weight is 352 g/mol. The highest BCUT2D eigenvalue weighted by atomic mass is 16.5. The predicted molar refractivity (Wildman–Crippen MR) is 98.2 cm³/mol. The van der Waals surface area contributed by atoms with Gasteiger partial charge >= 0.3 is 0 Å². The van der Waals surface area contributed by atoms with Gasteiger partial charge in [-0.15, -0.1) is 5.10 Å². The summed E-state index contributed by atoms with van der Waals surface area (Å²) in [5, 5.41) is 11.0. The van der Waals surface area contributed by atoms with Gasteiger partial charge in [-0.3, -0.25) is 4.79 Å². The number of benzene rings is 2. The van der Waals surface area contributed by atoms with Gasteiger partial charge < -0.3 is 14.8 Å². The first-order valence-corrected chi connectivity index (χ1v) is 8.24. The van der Waals surface area contributed by atoms with Crippen LogP contribution in [0.15, 0.2) is 48.5 Å². The number of para-hydroxylation sites is 4. The topological polar surface area (TPSA) is 78.3 Å². The predicted octanol–water partition coefficient (Wildman–Crippen LogP) is 3.24. The van der Waals surface area contributed by atoms with Crippen molar-refractivity contribution in [1.82, 2.24) is 15.0 Å². The molecule has 26 heavy (non-hydrogen) atoms. The SMILES string of the molecule is CCOc1ccccc1-n1nnc(C(=O)Nc2ccccc2OC)c1C. The quantitative estimate of drug-likeness (QED) is 0.737. The Bertz CT molecular complexity index is 921. The molecule has 1 aromatic heterocycles. The lowest BCUT2D eigenvalue weighted by molar-refractivity contribution is 0.102. The first-order valence-electron chi connectivity index (χ1n) is 8.24. The van der Waals surface area contributed by atoms with Crippen molar-refractivity contribution in [2.24, 2.45) is 0 Å². The van der Waals surface area contributed by atoms with Crippen molar-refractivity contribution in [3.8, 4) is 17.2 Å². The lowest BCUT2D eigenvalue weighted by atomic mass is 10.2. The number of carbonyl (C=O) groups is 1. The summed E-state index contributed by atoms with van der Waals surface area (Å²) in [7, 11) is 1.55. The van der Waals surface area contributed by atoms with Gasteiger partial charge in [-0.25, -0.2) is 4.68 Å². The minimum absolute atomic E-state index is 0.238. The molecular formula is C19H20N4O3. The van der Waals surface area contributed by atoms with Gasteiger partial charge in [0.2, 0.25) is 0 Å². The summed E-state index contributed by atoms with van der Waals surface area (Å²) in [4.78, 5) is 12.6. The van der Waals surface area contributed by atoms with Gasteiger partial charge in [-0.05, 0) is 38.1 Å². The van der Waals surface area contributed by atoms with Crippen LogP contribution in [0.1, 0.15) is 23.1 Å². The molecule has 7 nitrogen and oxygen atoms in total. The number of anilines is 1. The fraction of sp³-hybridized carbons (Fsp3) is 0.211. The highest BCUT2D eigenvalue weighted by molar-refractivity contribution is 6.04. The standard InChI is InChI=1S/C19H20N4O3/c1-4-26-17-12-8-6-10-15(17)23-13(2)18(21-22-23)19(24)20-14-9-5-7-11-16(14)25-3/h5-12H,4H2,1-3H3,(H,20,24). The van der Waals surface area contributed by atoms with E-state index in [-0.39, 0.29) is 11.6 Å². The van der Waals surface area contributed by atoms with E-state index in [0.717, 1.165) is 5.69 Å². The van der Waals surface area contributed by atoms with E-state index in [9.17, 15) is 4.79 Å². The van der Waals surface area contributed by atoms with Crippen LogP contribution in [-0.2, 0) is 0 Å². The van der Waals surface area contributed by atoms with Gasteiger partial charge in [0.05, 0.1) is 25.1 Å². The number of rotatable bonds is 6. The minimum atomic E-state index is -0.354. The Morgan fingerprint density at radius 2 is 1.81 bits per heavy atom. The number of carbonyl (C=O) groups excluding carboxylic acids is 1. The third kappa shape index (κ3) is 3.37. The van der Waals surface area contributed by atoms with Gasteiger partial charge in [-0.1, -0.05) is 29.5 Å². The number of hydrogen-bond acceptors (Lipinski definition) is 5. The number of hydrogen-bond donors (Lipinski definition) is 1. The summed E-state index contributed by atoms with van der Waals surface area (Å²) in [6, 6.07) is 14.7. The fourth-order valence-electron chi connectivity index (χ4n) is 2.61. The Balaban J connectivity index is 1.91. The number of amides is 1. The molecule has 0 atom stereocenters. The molecule has 134 valence electrons. The summed E-state index contributed by atoms with van der Waals surface area (Å²) in [5.41, 5.74) is 2.16. The van der Waals surface area contributed by atoms with Crippen LogP contribution in [0.4, 0.5) is 5.69 Å². The molecule has 0 saturated heterocycles. The molecular weight excluding hydrogens is 332 g/mol. The molecule has 3 rings (SSSR count). The van der Waals surface area contributed by atoms with Crippen molar-refractivity contribution in [2.45, 2.75) is 13.8 Å². The second-order valence-corrected chi connectivity index (χ2v) is 5.49. The average Bonchev–Trinajstić information content (AvgIpc) is 3.04. The molecule has 0 aliphatic rings. The summed E-state index contributed by atoms with van der Waals surface area (Å²) in [6.45, 7) is 4.24. The number of nitrogens with zero attached hydrogens (tertiary/aromatic N) is 3. The van der Waals surface area contributed by atoms with Crippen LogP contribution in [0.3, 0.4) is 0 Å². The Kier molecular flexibility index (Phi) is 5.17. The molecule has 0 aliphatic heterocycles. The Labute approximate surface area is 151 Å². The van der Waals surface area contributed by atoms with E-state index in [1.54, 1.807) is 30.8 Å². The van der Waals surface area contributed by atoms with Crippen molar-refractivity contribution in [1.29, 1.82) is 0 Å². The molecule has 1 amide bonds. The van der Waals surface area contributed by atoms with Crippen LogP contribution in [0.2, 0.25) is 0 Å². The highest BCUT2D eigenvalue weighted by Gasteiger charge is 2.20. The normalized spacial score (nSPS) is 10.4. The zero-order chi connectivity index (χ0) is 18.5. The van der Waals surface area contributed by atoms with Crippen LogP contribution in [-0.4, -0.2) is 34.6 Å². The number of ether oxygens (including phenoxy) is 2. The van der Waals surface area contributed by atoms with Crippen LogP contribution < -0.4 is 14.8 Å². The van der Waals surface area contributed by atoms with E-state index in [1.807, 2.05) is 43.3 Å². The minimum Gasteiger partial charge on any atom is -0.495 e. The van der Waals surface area contributed by atoms with Gasteiger partial charge in [0.15, 0.2) is 5.69 Å². The van der Waals surface area contributed by atoms with Crippen LogP contribution in [0.25, 0.3) is 5.69 Å². The Hall–Kier alpha value is -3.35. The Morgan fingerprint density at radius 1 is 1.12 bits per heavy atom. The van der Waals surface area contributed by atoms with E-state index in [2.05, 4.69) is 15.6 Å². The van der Waals surface area contributed by atoms with E-state index in [0.29, 0.717) is 29.5 Å². The molecule has 0 bridgehead atoms. The van der Waals surface area contributed by atoms with Crippen LogP contribution in [0, 0.1) is 6.92 Å². The molecule has 7 heteroatoms. The summed E-state index contributed by atoms with van der Waals surface area (Å²) in [6.07, 6.45) is 0. The maximum absolute atomic E-state index is 12.6. The van der Waals surface area contributed by atoms with Crippen molar-refractivity contribution in [3.63, 3.8) is 0 Å². The second kappa shape index (κ2) is 7.69. The van der Waals surface area contributed by atoms with E-state index >= 15 is 0 Å². The number of nitrogens with one attached hydrogen (secondary N) is 1. The van der Waals surface area contributed by atoms with E-state index < -0.39 is 0 Å². The summed E-state index contributed by atoms with van der Waals surface area (Å²) >= 11 is 0. The van der Waals surface area contributed by atoms with Crippen LogP contribution >= 0.6 is 0 Å². The summed E-state index contributed by atoms with van der Waals surface area (Å²) < 4.78 is 12.5. The van der Waals surface area contributed by atoms with E-state index in [1.165, 1.54) is 0 Å². The molecule has 0 spiro atoms. The first-order chi connectivity index (χ1) is 12.7. The lowest BCUT2D eigenvalue weighted by Gasteiger charge is -2.11. The number of aromatic nitrogens is 3. The molecule has 1 heterocycles. The van der Waals surface area contributed by atoms with Gasteiger partial charge in [0, 0.05) is 0 Å². The molecule has 0 aliphatic carbocycles. The third-order valence-electron chi connectivity index (χ3n) is 3.86. The number of methoxy groups -OCH3 is 1. The van der Waals surface area contributed by atoms with Gasteiger partial charge in [0.1, 0.15) is 17.2 Å². The van der Waals surface area contributed by atoms with Gasteiger partial charge in [0.25, 0.3) is 5.91 Å². The molecule has 2 aromatic carbocycles. The van der Waals surface area contributed by atoms with Crippen molar-refractivity contribution < 1.29 is 14.3 Å². The molecule has 1 N–H and O–H groups in total. The van der Waals surface area contributed by atoms with Crippen molar-refractivity contribution in [2.75, 3.05) is 19.0 Å². The second-order valence-electron chi connectivity index (χ2n) is 5.49. The highest BCUT2D eigenvalue weighted by Crippen LogP contribution is 2.26. The molecule has 0 unspecified atom stereocenters. The fourth-order valence-corrected chi connectivity index (χ4v) is 2.61. The summed E-state index contributed by atoms with van der Waals surface area (Å²) in [5.74, 6) is 0.902. The maximum atomic E-state index is 12.6. The molecule has 0 fully saturated rings. The maximum Gasteiger partial charge on any atom is 0.278 e. The first kappa shape index (κ1) is 17.5. The smallest absolute Gasteiger partial charge is 0.278 e. The largest absolute Gasteiger partial charge is 0.495 e. The molecule has 0 saturated carbocycles.